The molecule has 2 heterocycles. The minimum absolute atomic E-state index is 0.221. The lowest BCUT2D eigenvalue weighted by Gasteiger charge is -2.42. The molecule has 0 spiro atoms. The van der Waals surface area contributed by atoms with E-state index in [1.807, 2.05) is 18.2 Å². The molecule has 25 heavy (non-hydrogen) atoms. The summed E-state index contributed by atoms with van der Waals surface area (Å²) in [7, 11) is 0. The van der Waals surface area contributed by atoms with Crippen molar-refractivity contribution in [1.82, 2.24) is 0 Å². The first kappa shape index (κ1) is 17.3. The zero-order chi connectivity index (χ0) is 18.2. The van der Waals surface area contributed by atoms with Crippen LogP contribution in [0.15, 0.2) is 53.7 Å². The number of aromatic nitrogens is 1. The zero-order valence-electron chi connectivity index (χ0n) is 14.2. The van der Waals surface area contributed by atoms with Gasteiger partial charge in [-0.1, -0.05) is 12.1 Å². The molecule has 0 saturated heterocycles. The second kappa shape index (κ2) is 6.40. The molecular weight excluding hydrogens is 338 g/mol. The van der Waals surface area contributed by atoms with Crippen LogP contribution >= 0.6 is 11.8 Å². The summed E-state index contributed by atoms with van der Waals surface area (Å²) in [6, 6.07) is 12.3. The van der Waals surface area contributed by atoms with Crippen molar-refractivity contribution in [3.05, 3.63) is 53.9 Å². The smallest absolute Gasteiger partial charge is 0.252 e. The fourth-order valence-corrected chi connectivity index (χ4v) is 3.65. The normalized spacial score (nSPS) is 16.8. The third-order valence-electron chi connectivity index (χ3n) is 4.16. The van der Waals surface area contributed by atoms with E-state index < -0.39 is 10.8 Å². The Morgan fingerprint density at radius 1 is 1.24 bits per heavy atom. The molecule has 1 aliphatic rings. The van der Waals surface area contributed by atoms with Gasteiger partial charge < -0.3 is 10.5 Å². The Balaban J connectivity index is 1.94. The number of nitrogens with one attached hydrogen (secondary N) is 1. The number of pyridine rings is 1. The van der Waals surface area contributed by atoms with Crippen molar-refractivity contribution in [2.45, 2.75) is 36.6 Å². The van der Waals surface area contributed by atoms with E-state index in [4.69, 9.17) is 0 Å². The van der Waals surface area contributed by atoms with Gasteiger partial charge in [-0.3, -0.25) is 14.5 Å². The van der Waals surface area contributed by atoms with Crippen molar-refractivity contribution in [1.29, 1.82) is 0 Å². The number of hydrogen-bond donors (Lipinski definition) is 1. The minimum atomic E-state index is -1.02. The first-order chi connectivity index (χ1) is 11.8. The number of rotatable bonds is 3. The van der Waals surface area contributed by atoms with Gasteiger partial charge >= 0.3 is 0 Å². The molecular formula is C18H19N3O3S. The molecule has 0 saturated carbocycles. The van der Waals surface area contributed by atoms with E-state index in [9.17, 15) is 14.8 Å². The SMILES string of the molecule is C[C@@H](Sc1cccc[n+]1[O-])C(=O)N1c2ccccc2NC(=O)C1(C)C. The fourth-order valence-electron chi connectivity index (χ4n) is 2.76. The Kier molecular flexibility index (Phi) is 4.43. The summed E-state index contributed by atoms with van der Waals surface area (Å²) in [4.78, 5) is 27.1. The summed E-state index contributed by atoms with van der Waals surface area (Å²) < 4.78 is 0.733. The number of fused-ring (bicyclic) bond motifs is 1. The predicted molar refractivity (Wildman–Crippen MR) is 97.4 cm³/mol. The predicted octanol–water partition coefficient (Wildman–Crippen LogP) is 2.56. The number of para-hydroxylation sites is 2. The lowest BCUT2D eigenvalue weighted by molar-refractivity contribution is -0.645. The molecule has 1 aliphatic heterocycles. The van der Waals surface area contributed by atoms with Crippen LogP contribution in [0.1, 0.15) is 20.8 Å². The van der Waals surface area contributed by atoms with Crippen LogP contribution in [0.4, 0.5) is 11.4 Å². The summed E-state index contributed by atoms with van der Waals surface area (Å²) in [5.74, 6) is -0.462. The van der Waals surface area contributed by atoms with Crippen molar-refractivity contribution < 1.29 is 14.3 Å². The van der Waals surface area contributed by atoms with Gasteiger partial charge in [0, 0.05) is 12.1 Å². The van der Waals surface area contributed by atoms with E-state index >= 15 is 0 Å². The Bertz CT molecular complexity index is 838. The van der Waals surface area contributed by atoms with Gasteiger partial charge in [0.25, 0.3) is 5.03 Å². The quantitative estimate of drug-likeness (QED) is 0.520. The van der Waals surface area contributed by atoms with Crippen molar-refractivity contribution in [3.8, 4) is 0 Å². The first-order valence-corrected chi connectivity index (χ1v) is 8.79. The molecule has 2 aromatic rings. The van der Waals surface area contributed by atoms with E-state index in [1.54, 1.807) is 45.0 Å². The highest BCUT2D eigenvalue weighted by molar-refractivity contribution is 8.00. The number of carbonyl (C=O) groups excluding carboxylic acids is 2. The van der Waals surface area contributed by atoms with Crippen molar-refractivity contribution in [2.24, 2.45) is 0 Å². The molecule has 1 aromatic carbocycles. The largest absolute Gasteiger partial charge is 0.618 e. The molecule has 1 aromatic heterocycles. The average Bonchev–Trinajstić information content (AvgIpc) is 2.57. The lowest BCUT2D eigenvalue weighted by atomic mass is 9.96. The minimum Gasteiger partial charge on any atom is -0.618 e. The Morgan fingerprint density at radius 2 is 1.92 bits per heavy atom. The van der Waals surface area contributed by atoms with Gasteiger partial charge in [-0.05, 0) is 50.7 Å². The third kappa shape index (κ3) is 3.07. The number of hydrogen-bond acceptors (Lipinski definition) is 4. The summed E-state index contributed by atoms with van der Waals surface area (Å²) in [6.45, 7) is 5.17. The van der Waals surface area contributed by atoms with Crippen LogP contribution in [-0.2, 0) is 9.59 Å². The molecule has 3 rings (SSSR count). The molecule has 0 radical (unpaired) electrons. The van der Waals surface area contributed by atoms with Crippen LogP contribution in [0.25, 0.3) is 0 Å². The van der Waals surface area contributed by atoms with Crippen LogP contribution in [-0.4, -0.2) is 22.6 Å². The molecule has 7 heteroatoms. The van der Waals surface area contributed by atoms with Gasteiger partial charge in [0.15, 0.2) is 6.20 Å². The monoisotopic (exact) mass is 357 g/mol. The molecule has 0 unspecified atom stereocenters. The van der Waals surface area contributed by atoms with Crippen LogP contribution in [0.5, 0.6) is 0 Å². The lowest BCUT2D eigenvalue weighted by Crippen LogP contribution is -2.60. The van der Waals surface area contributed by atoms with Crippen LogP contribution in [0.3, 0.4) is 0 Å². The van der Waals surface area contributed by atoms with Crippen molar-refractivity contribution in [3.63, 3.8) is 0 Å². The fraction of sp³-hybridized carbons (Fsp3) is 0.278. The Labute approximate surface area is 150 Å². The highest BCUT2D eigenvalue weighted by Crippen LogP contribution is 2.38. The van der Waals surface area contributed by atoms with Gasteiger partial charge in [-0.2, -0.15) is 4.73 Å². The topological polar surface area (TPSA) is 76.3 Å². The highest BCUT2D eigenvalue weighted by atomic mass is 32.2. The summed E-state index contributed by atoms with van der Waals surface area (Å²) >= 11 is 1.18. The molecule has 1 N–H and O–H groups in total. The van der Waals surface area contributed by atoms with Gasteiger partial charge in [0.05, 0.1) is 16.6 Å². The molecule has 130 valence electrons. The summed E-state index contributed by atoms with van der Waals surface area (Å²) in [5.41, 5.74) is 0.244. The van der Waals surface area contributed by atoms with Crippen LogP contribution in [0, 0.1) is 5.21 Å². The van der Waals surface area contributed by atoms with E-state index in [0.29, 0.717) is 16.4 Å². The number of amides is 2. The van der Waals surface area contributed by atoms with E-state index in [2.05, 4.69) is 5.32 Å². The number of thioether (sulfide) groups is 1. The number of benzene rings is 1. The van der Waals surface area contributed by atoms with Crippen molar-refractivity contribution in [2.75, 3.05) is 10.2 Å². The van der Waals surface area contributed by atoms with Gasteiger partial charge in [0.1, 0.15) is 5.54 Å². The maximum Gasteiger partial charge on any atom is 0.252 e. The van der Waals surface area contributed by atoms with E-state index in [-0.39, 0.29) is 11.8 Å². The van der Waals surface area contributed by atoms with Gasteiger partial charge in [-0.25, -0.2) is 0 Å². The third-order valence-corrected chi connectivity index (χ3v) is 5.27. The van der Waals surface area contributed by atoms with Gasteiger partial charge in [-0.15, -0.1) is 0 Å². The number of anilines is 2. The maximum absolute atomic E-state index is 13.2. The standard InChI is InChI=1S/C18H19N3O3S/c1-12(25-15-10-6-7-11-20(15)24)16(22)21-14-9-5-4-8-13(14)19-17(23)18(21,2)3/h4-12H,1-3H3,(H,19,23)/t12-/m1/s1. The molecule has 0 aliphatic carbocycles. The van der Waals surface area contributed by atoms with Crippen LogP contribution < -0.4 is 14.9 Å². The number of nitrogens with zero attached hydrogens (tertiary/aromatic N) is 2. The second-order valence-corrected chi connectivity index (χ2v) is 7.69. The van der Waals surface area contributed by atoms with Crippen molar-refractivity contribution >= 4 is 35.0 Å². The van der Waals surface area contributed by atoms with E-state index in [0.717, 1.165) is 4.73 Å². The molecule has 0 bridgehead atoms. The molecule has 2 amide bonds. The second-order valence-electron chi connectivity index (χ2n) is 6.33. The Morgan fingerprint density at radius 3 is 2.64 bits per heavy atom. The first-order valence-electron chi connectivity index (χ1n) is 7.92. The molecule has 1 atom stereocenters. The van der Waals surface area contributed by atoms with Gasteiger partial charge in [0.2, 0.25) is 11.8 Å². The average molecular weight is 357 g/mol. The summed E-state index contributed by atoms with van der Waals surface area (Å²) in [6.07, 6.45) is 1.40. The number of carbonyl (C=O) groups is 2. The maximum atomic E-state index is 13.2. The highest BCUT2D eigenvalue weighted by Gasteiger charge is 2.45. The van der Waals surface area contributed by atoms with Crippen LogP contribution in [0.2, 0.25) is 0 Å². The van der Waals surface area contributed by atoms with E-state index in [1.165, 1.54) is 22.9 Å². The Hall–Kier alpha value is -2.54. The molecule has 0 fully saturated rings. The zero-order valence-corrected chi connectivity index (χ0v) is 15.0. The molecule has 6 nitrogen and oxygen atoms in total. The summed E-state index contributed by atoms with van der Waals surface area (Å²) in [5, 5.41) is 14.6.